The number of nitrogens with one attached hydrogen (secondary N) is 2. The molecule has 2 rings (SSSR count). The molecule has 22 heavy (non-hydrogen) atoms. The third-order valence-corrected chi connectivity index (χ3v) is 3.57. The van der Waals surface area contributed by atoms with Crippen LogP contribution in [0.25, 0.3) is 0 Å². The van der Waals surface area contributed by atoms with Gasteiger partial charge in [0.1, 0.15) is 0 Å². The minimum Gasteiger partial charge on any atom is -0.334 e. The number of carbonyl (C=O) groups excluding carboxylic acids is 1. The summed E-state index contributed by atoms with van der Waals surface area (Å²) >= 11 is 0. The fourth-order valence-electron chi connectivity index (χ4n) is 2.63. The summed E-state index contributed by atoms with van der Waals surface area (Å²) in [6.07, 6.45) is 0. The zero-order valence-corrected chi connectivity index (χ0v) is 13.7. The van der Waals surface area contributed by atoms with Gasteiger partial charge in [-0.15, -0.1) is 0 Å². The Morgan fingerprint density at radius 2 is 1.68 bits per heavy atom. The van der Waals surface area contributed by atoms with Crippen molar-refractivity contribution in [3.05, 3.63) is 64.7 Å². The van der Waals surface area contributed by atoms with Gasteiger partial charge in [0.25, 0.3) is 0 Å². The first-order chi connectivity index (χ1) is 10.5. The second kappa shape index (κ2) is 7.12. The lowest BCUT2D eigenvalue weighted by Crippen LogP contribution is -2.28. The monoisotopic (exact) mass is 296 g/mol. The van der Waals surface area contributed by atoms with Crippen molar-refractivity contribution in [1.29, 1.82) is 0 Å². The Balaban J connectivity index is 1.99. The number of benzene rings is 2. The van der Waals surface area contributed by atoms with E-state index in [9.17, 15) is 4.79 Å². The van der Waals surface area contributed by atoms with Gasteiger partial charge in [0.05, 0.1) is 0 Å². The van der Waals surface area contributed by atoms with E-state index in [-0.39, 0.29) is 6.03 Å². The van der Waals surface area contributed by atoms with Crippen LogP contribution in [-0.4, -0.2) is 6.03 Å². The van der Waals surface area contributed by atoms with Gasteiger partial charge in [-0.1, -0.05) is 61.4 Å². The molecule has 2 aromatic carbocycles. The van der Waals surface area contributed by atoms with Crippen molar-refractivity contribution >= 4 is 11.7 Å². The summed E-state index contributed by atoms with van der Waals surface area (Å²) in [7, 11) is 0. The quantitative estimate of drug-likeness (QED) is 0.840. The van der Waals surface area contributed by atoms with Crippen LogP contribution in [0.5, 0.6) is 0 Å². The minimum atomic E-state index is -0.174. The average Bonchev–Trinajstić information content (AvgIpc) is 2.44. The maximum atomic E-state index is 12.1. The van der Waals surface area contributed by atoms with Gasteiger partial charge in [-0.05, 0) is 37.0 Å². The molecule has 2 N–H and O–H groups in total. The van der Waals surface area contributed by atoms with E-state index in [1.165, 1.54) is 11.1 Å². The van der Waals surface area contributed by atoms with Gasteiger partial charge in [-0.2, -0.15) is 0 Å². The molecule has 0 aliphatic rings. The van der Waals surface area contributed by atoms with Gasteiger partial charge in [0.15, 0.2) is 0 Å². The van der Waals surface area contributed by atoms with Crippen molar-refractivity contribution in [3.63, 3.8) is 0 Å². The first kappa shape index (κ1) is 16.1. The van der Waals surface area contributed by atoms with Crippen LogP contribution in [0, 0.1) is 13.8 Å². The summed E-state index contributed by atoms with van der Waals surface area (Å²) in [5.41, 5.74) is 5.55. The lowest BCUT2D eigenvalue weighted by molar-refractivity contribution is 0.251. The van der Waals surface area contributed by atoms with Gasteiger partial charge >= 0.3 is 6.03 Å². The first-order valence-electron chi connectivity index (χ1n) is 7.66. The van der Waals surface area contributed by atoms with Crippen molar-refractivity contribution in [1.82, 2.24) is 5.32 Å². The van der Waals surface area contributed by atoms with E-state index in [0.29, 0.717) is 12.5 Å². The van der Waals surface area contributed by atoms with Crippen LogP contribution in [0.3, 0.4) is 0 Å². The molecule has 0 aromatic heterocycles. The second-order valence-corrected chi connectivity index (χ2v) is 6.05. The Morgan fingerprint density at radius 1 is 1.05 bits per heavy atom. The standard InChI is InChI=1S/C19H24N2O/c1-13(2)17-7-5-6-8-18(17)21-19(22)20-12-16-10-14(3)9-15(4)11-16/h5-11,13H,12H2,1-4H3,(H2,20,21,22). The molecule has 0 fully saturated rings. The molecule has 0 heterocycles. The predicted octanol–water partition coefficient (Wildman–Crippen LogP) is 4.75. The van der Waals surface area contributed by atoms with E-state index in [1.807, 2.05) is 24.3 Å². The molecule has 0 spiro atoms. The largest absolute Gasteiger partial charge is 0.334 e. The number of rotatable bonds is 4. The molecule has 3 nitrogen and oxygen atoms in total. The lowest BCUT2D eigenvalue weighted by Gasteiger charge is -2.14. The molecule has 0 unspecified atom stereocenters. The Kier molecular flexibility index (Phi) is 5.21. The third kappa shape index (κ3) is 4.35. The summed E-state index contributed by atoms with van der Waals surface area (Å²) < 4.78 is 0. The summed E-state index contributed by atoms with van der Waals surface area (Å²) in [5, 5.41) is 5.86. The number of urea groups is 1. The summed E-state index contributed by atoms with van der Waals surface area (Å²) in [5.74, 6) is 0.371. The molecular weight excluding hydrogens is 272 g/mol. The maximum absolute atomic E-state index is 12.1. The second-order valence-electron chi connectivity index (χ2n) is 6.05. The van der Waals surface area contributed by atoms with Crippen molar-refractivity contribution in [3.8, 4) is 0 Å². The normalized spacial score (nSPS) is 10.6. The predicted molar refractivity (Wildman–Crippen MR) is 92.3 cm³/mol. The molecule has 0 aliphatic carbocycles. The Hall–Kier alpha value is -2.29. The molecule has 0 saturated heterocycles. The smallest absolute Gasteiger partial charge is 0.319 e. The highest BCUT2D eigenvalue weighted by Crippen LogP contribution is 2.23. The van der Waals surface area contributed by atoms with E-state index in [0.717, 1.165) is 16.8 Å². The Bertz CT molecular complexity index is 642. The molecule has 0 aliphatic heterocycles. The number of hydrogen-bond acceptors (Lipinski definition) is 1. The van der Waals surface area contributed by atoms with Crippen LogP contribution < -0.4 is 10.6 Å². The van der Waals surface area contributed by atoms with Crippen LogP contribution in [0.4, 0.5) is 10.5 Å². The van der Waals surface area contributed by atoms with E-state index in [2.05, 4.69) is 56.5 Å². The Labute approximate surface area is 132 Å². The highest BCUT2D eigenvalue weighted by Gasteiger charge is 2.08. The van der Waals surface area contributed by atoms with E-state index in [1.54, 1.807) is 0 Å². The number of anilines is 1. The number of para-hydroxylation sites is 1. The summed E-state index contributed by atoms with van der Waals surface area (Å²) in [6, 6.07) is 14.1. The van der Waals surface area contributed by atoms with Gasteiger partial charge < -0.3 is 10.6 Å². The molecule has 0 bridgehead atoms. The van der Waals surface area contributed by atoms with E-state index >= 15 is 0 Å². The lowest BCUT2D eigenvalue weighted by atomic mass is 10.0. The van der Waals surface area contributed by atoms with Gasteiger partial charge in [-0.3, -0.25) is 0 Å². The fourth-order valence-corrected chi connectivity index (χ4v) is 2.63. The van der Waals surface area contributed by atoms with Crippen molar-refractivity contribution < 1.29 is 4.79 Å². The molecule has 116 valence electrons. The minimum absolute atomic E-state index is 0.174. The van der Waals surface area contributed by atoms with Gasteiger partial charge in [0, 0.05) is 12.2 Å². The van der Waals surface area contributed by atoms with Crippen LogP contribution >= 0.6 is 0 Å². The van der Waals surface area contributed by atoms with Crippen LogP contribution in [0.15, 0.2) is 42.5 Å². The van der Waals surface area contributed by atoms with E-state index < -0.39 is 0 Å². The molecule has 2 aromatic rings. The highest BCUT2D eigenvalue weighted by molar-refractivity contribution is 5.90. The van der Waals surface area contributed by atoms with Crippen LogP contribution in [0.2, 0.25) is 0 Å². The zero-order chi connectivity index (χ0) is 16.1. The SMILES string of the molecule is Cc1cc(C)cc(CNC(=O)Nc2ccccc2C(C)C)c1. The van der Waals surface area contributed by atoms with Crippen molar-refractivity contribution in [2.24, 2.45) is 0 Å². The number of hydrogen-bond donors (Lipinski definition) is 2. The molecule has 2 amide bonds. The average molecular weight is 296 g/mol. The first-order valence-corrected chi connectivity index (χ1v) is 7.66. The maximum Gasteiger partial charge on any atom is 0.319 e. The number of amides is 2. The van der Waals surface area contributed by atoms with E-state index in [4.69, 9.17) is 0 Å². The Morgan fingerprint density at radius 3 is 2.32 bits per heavy atom. The highest BCUT2D eigenvalue weighted by atomic mass is 16.2. The fraction of sp³-hybridized carbons (Fsp3) is 0.316. The molecular formula is C19H24N2O. The number of carbonyl (C=O) groups is 1. The molecule has 0 radical (unpaired) electrons. The molecule has 0 atom stereocenters. The zero-order valence-electron chi connectivity index (χ0n) is 13.7. The van der Waals surface area contributed by atoms with Gasteiger partial charge in [0.2, 0.25) is 0 Å². The topological polar surface area (TPSA) is 41.1 Å². The third-order valence-electron chi connectivity index (χ3n) is 3.57. The van der Waals surface area contributed by atoms with Gasteiger partial charge in [-0.25, -0.2) is 4.79 Å². The van der Waals surface area contributed by atoms with Crippen LogP contribution in [-0.2, 0) is 6.54 Å². The van der Waals surface area contributed by atoms with Crippen molar-refractivity contribution in [2.45, 2.75) is 40.2 Å². The molecule has 0 saturated carbocycles. The summed E-state index contributed by atoms with van der Waals surface area (Å²) in [6.45, 7) is 8.89. The summed E-state index contributed by atoms with van der Waals surface area (Å²) in [4.78, 5) is 12.1. The molecule has 3 heteroatoms. The van der Waals surface area contributed by atoms with Crippen molar-refractivity contribution in [2.75, 3.05) is 5.32 Å². The van der Waals surface area contributed by atoms with Crippen LogP contribution in [0.1, 0.15) is 42.0 Å². The number of aryl methyl sites for hydroxylation is 2.